The summed E-state index contributed by atoms with van der Waals surface area (Å²) in [4.78, 5) is 193. The average molecular weight is 1590 g/mol. The number of nitrogens with zero attached hydrogens (tertiary/aromatic N) is 9. The van der Waals surface area contributed by atoms with Crippen molar-refractivity contribution in [3.8, 4) is 0 Å². The molecule has 1 spiro atoms. The van der Waals surface area contributed by atoms with Crippen LogP contribution in [0, 0.1) is 40.9 Å². The summed E-state index contributed by atoms with van der Waals surface area (Å²) in [6, 6.07) is -11.0. The van der Waals surface area contributed by atoms with E-state index in [4.69, 9.17) is 27.9 Å². The standard InChI is InChI=1S/C76H118Cl2F6N12O13/c1-15-23-53-64(100)86-62(44(4)16-2)70(106)90(10)41-60(99)92(12)54-26-19-18-22-33-95(69(54)105)57(36-45-27-30-48(31-28-45)75(79,80)81)68(104)89(9)40-58(97)85-52(32-29-46-34-50(77)61(51(78)35-46)76(82,83)84)66(102)96-39-49(109-17-3)37-55(96)65(101)87-74(42-73(5,6)43-74)72(108)94(14)63(47-24-20-21-25-47)71(107)93(13)56(67(103)88(7)8)38-59(98)91(53)11/h18-19,44-57,61-63H,15-17,20-43H2,1-14H3,(H,85,97)(H,86,100)(H,87,101)/b19-18-/t44-,45?,46?,48?,49+,50?,51?,52-,53-,54-,55-,56-,57-,61?,62-,63-/m0/s1. The Labute approximate surface area is 648 Å². The largest absolute Gasteiger partial charge is 0.394 e. The maximum Gasteiger partial charge on any atom is 0.394 e. The highest BCUT2D eigenvalue weighted by Crippen LogP contribution is 2.51. The Morgan fingerprint density at radius 1 is 0.651 bits per heavy atom. The number of rotatable bonds is 13. The van der Waals surface area contributed by atoms with E-state index in [-0.39, 0.29) is 116 Å². The second-order valence-electron chi connectivity index (χ2n) is 33.0. The van der Waals surface area contributed by atoms with E-state index in [1.54, 1.807) is 39.8 Å². The van der Waals surface area contributed by atoms with Crippen LogP contribution in [0.2, 0.25) is 0 Å². The Balaban J connectivity index is 1.34. The van der Waals surface area contributed by atoms with E-state index in [1.807, 2.05) is 13.8 Å². The first-order chi connectivity index (χ1) is 50.9. The smallest absolute Gasteiger partial charge is 0.377 e. The number of fused-ring (bicyclic) bond motifs is 3. The van der Waals surface area contributed by atoms with Crippen LogP contribution in [-0.2, 0) is 62.3 Å². The van der Waals surface area contributed by atoms with E-state index >= 15 is 28.8 Å². The molecule has 12 atom stereocenters. The van der Waals surface area contributed by atoms with Gasteiger partial charge in [-0.15, -0.1) is 23.2 Å². The number of amides is 12. The fourth-order valence-corrected chi connectivity index (χ4v) is 19.1. The maximum absolute atomic E-state index is 15.8. The molecule has 109 heavy (non-hydrogen) atoms. The topological polar surface area (TPSA) is 279 Å². The molecule has 3 N–H and O–H groups in total. The molecule has 7 rings (SSSR count). The summed E-state index contributed by atoms with van der Waals surface area (Å²) in [5.41, 5.74) is -2.29. The quantitative estimate of drug-likeness (QED) is 0.0930. The van der Waals surface area contributed by atoms with Crippen molar-refractivity contribution in [2.75, 3.05) is 89.2 Å². The summed E-state index contributed by atoms with van der Waals surface area (Å²) in [5, 5.41) is 5.73. The van der Waals surface area contributed by atoms with Gasteiger partial charge in [0, 0.05) is 93.3 Å². The zero-order valence-corrected chi connectivity index (χ0v) is 67.4. The molecular formula is C76H118Cl2F6N12O13. The van der Waals surface area contributed by atoms with Crippen LogP contribution >= 0.6 is 23.2 Å². The van der Waals surface area contributed by atoms with Crippen molar-refractivity contribution in [2.24, 2.45) is 40.9 Å². The molecule has 616 valence electrons. The summed E-state index contributed by atoms with van der Waals surface area (Å²) in [6.45, 7) is 9.11. The Morgan fingerprint density at radius 2 is 1.27 bits per heavy atom. The van der Waals surface area contributed by atoms with Crippen molar-refractivity contribution in [2.45, 2.75) is 266 Å². The number of carbonyl (C=O) groups is 12. The second-order valence-corrected chi connectivity index (χ2v) is 34.1. The summed E-state index contributed by atoms with van der Waals surface area (Å²) >= 11 is 12.9. The monoisotopic (exact) mass is 1590 g/mol. The zero-order valence-electron chi connectivity index (χ0n) is 65.9. The Kier molecular flexibility index (Phi) is 31.2. The lowest BCUT2D eigenvalue weighted by Crippen LogP contribution is -2.71. The van der Waals surface area contributed by atoms with Crippen molar-refractivity contribution in [1.82, 2.24) is 60.0 Å². The molecule has 6 fully saturated rings. The molecule has 33 heteroatoms. The Bertz CT molecular complexity index is 3280. The fraction of sp³-hybridized carbons (Fsp3) is 0.816. The van der Waals surface area contributed by atoms with Gasteiger partial charge in [0.2, 0.25) is 70.9 Å². The number of halogens is 8. The number of hydrogen-bond donors (Lipinski definition) is 3. The van der Waals surface area contributed by atoms with Gasteiger partial charge in [0.25, 0.3) is 0 Å². The summed E-state index contributed by atoms with van der Waals surface area (Å²) in [5.74, 6) is -14.9. The third-order valence-electron chi connectivity index (χ3n) is 24.1. The summed E-state index contributed by atoms with van der Waals surface area (Å²) in [6.07, 6.45) is -5.28. The van der Waals surface area contributed by atoms with Crippen LogP contribution < -0.4 is 16.0 Å². The van der Waals surface area contributed by atoms with Gasteiger partial charge in [-0.25, -0.2) is 0 Å². The van der Waals surface area contributed by atoms with Crippen molar-refractivity contribution >= 4 is 94.1 Å². The molecule has 2 bridgehead atoms. The predicted octanol–water partition coefficient (Wildman–Crippen LogP) is 7.28. The molecule has 4 saturated carbocycles. The molecule has 0 aromatic rings. The van der Waals surface area contributed by atoms with Gasteiger partial charge in [-0.05, 0) is 139 Å². The predicted molar refractivity (Wildman–Crippen MR) is 395 cm³/mol. The van der Waals surface area contributed by atoms with Gasteiger partial charge in [0.1, 0.15) is 53.9 Å². The van der Waals surface area contributed by atoms with Crippen LogP contribution in [0.3, 0.4) is 0 Å². The van der Waals surface area contributed by atoms with E-state index in [0.717, 1.165) is 19.6 Å². The molecule has 7 aliphatic rings. The van der Waals surface area contributed by atoms with Crippen LogP contribution in [-0.4, -0.2) is 287 Å². The molecule has 0 radical (unpaired) electrons. The summed E-state index contributed by atoms with van der Waals surface area (Å²) in [7, 11) is 11.1. The molecule has 2 saturated heterocycles. The number of carbonyl (C=O) groups excluding carboxylic acids is 12. The highest BCUT2D eigenvalue weighted by atomic mass is 35.5. The molecular weight excluding hydrogens is 1470 g/mol. The van der Waals surface area contributed by atoms with Gasteiger partial charge in [0.15, 0.2) is 0 Å². The molecule has 4 aliphatic carbocycles. The van der Waals surface area contributed by atoms with Gasteiger partial charge < -0.3 is 64.8 Å². The van der Waals surface area contributed by atoms with E-state index in [0.29, 0.717) is 38.5 Å². The maximum atomic E-state index is 15.8. The van der Waals surface area contributed by atoms with Gasteiger partial charge in [0.05, 0.1) is 37.5 Å². The highest BCUT2D eigenvalue weighted by Gasteiger charge is 2.60. The molecule has 12 amide bonds. The normalized spacial score (nSPS) is 32.2. The van der Waals surface area contributed by atoms with Crippen LogP contribution in [0.15, 0.2) is 12.2 Å². The molecule has 0 aromatic heterocycles. The average Bonchev–Trinajstić information content (AvgIpc) is 1.45. The van der Waals surface area contributed by atoms with E-state index in [2.05, 4.69) is 16.0 Å². The molecule has 0 aromatic carbocycles. The van der Waals surface area contributed by atoms with Crippen molar-refractivity contribution < 1.29 is 88.6 Å². The lowest BCUT2D eigenvalue weighted by Gasteiger charge is -2.54. The molecule has 25 nitrogen and oxygen atoms in total. The molecule has 3 aliphatic heterocycles. The number of alkyl halides is 8. The van der Waals surface area contributed by atoms with Crippen LogP contribution in [0.1, 0.15) is 183 Å². The van der Waals surface area contributed by atoms with E-state index < -0.39 is 214 Å². The molecule has 3 heterocycles. The van der Waals surface area contributed by atoms with E-state index in [1.165, 1.54) is 80.9 Å². The van der Waals surface area contributed by atoms with Crippen LogP contribution in [0.25, 0.3) is 0 Å². The zero-order chi connectivity index (χ0) is 81.3. The first-order valence-corrected chi connectivity index (χ1v) is 39.8. The van der Waals surface area contributed by atoms with Gasteiger partial charge >= 0.3 is 12.4 Å². The van der Waals surface area contributed by atoms with Gasteiger partial charge in [-0.2, -0.15) is 26.3 Å². The SMILES string of the molecule is CCC[C@H]1C(=O)N[C@@H]([C@@H](C)CC)C(=O)N(C)CC(=O)N(C)[C@H]2C/C=C\CCN(C2=O)[C@@H](CC2CCC(C(F)(F)F)CC2)C(=O)N(C)CC(=O)N[C@@H](CCC2CC(Cl)C(C(F)(F)F)C(Cl)C2)C(=O)N2C[C@H](OCC)C[C@H]2C(=O)NC2(CC(C)(C)C2)C(=O)N(C)[C@@H](C2CCCC2)C(=O)N(C)[C@H](C(=O)N(C)C)CC(=O)N1C. The van der Waals surface area contributed by atoms with Crippen LogP contribution in [0.4, 0.5) is 26.3 Å². The number of likely N-dealkylation sites (N-methyl/N-ethyl adjacent to an activating group) is 7. The minimum atomic E-state index is -4.73. The molecule has 2 unspecified atom stereocenters. The lowest BCUT2D eigenvalue weighted by molar-refractivity contribution is -0.184. The van der Waals surface area contributed by atoms with E-state index in [9.17, 15) is 55.1 Å². The fourth-order valence-electron chi connectivity index (χ4n) is 17.8. The summed E-state index contributed by atoms with van der Waals surface area (Å²) < 4.78 is 91.5. The van der Waals surface area contributed by atoms with Crippen molar-refractivity contribution in [3.05, 3.63) is 12.2 Å². The lowest BCUT2D eigenvalue weighted by atomic mass is 9.58. The van der Waals surface area contributed by atoms with Gasteiger partial charge in [-0.1, -0.05) is 72.5 Å². The Morgan fingerprint density at radius 3 is 1.83 bits per heavy atom. The van der Waals surface area contributed by atoms with Gasteiger partial charge in [-0.3, -0.25) is 57.5 Å². The number of ether oxygens (including phenoxy) is 1. The highest BCUT2D eigenvalue weighted by molar-refractivity contribution is 6.24. The first-order valence-electron chi connectivity index (χ1n) is 38.9. The van der Waals surface area contributed by atoms with Crippen molar-refractivity contribution in [1.29, 1.82) is 0 Å². The second kappa shape index (κ2) is 37.9. The third-order valence-corrected chi connectivity index (χ3v) is 25.0. The third kappa shape index (κ3) is 21.8. The van der Waals surface area contributed by atoms with Crippen molar-refractivity contribution in [3.63, 3.8) is 0 Å². The number of nitrogens with one attached hydrogen (secondary N) is 3. The minimum Gasteiger partial charge on any atom is -0.377 e. The van der Waals surface area contributed by atoms with Crippen LogP contribution in [0.5, 0.6) is 0 Å². The minimum absolute atomic E-state index is 0.0242. The first kappa shape index (κ1) is 89.7. The Hall–Kier alpha value is -6.50. The number of hydrogen-bond acceptors (Lipinski definition) is 13.